The summed E-state index contributed by atoms with van der Waals surface area (Å²) in [4.78, 5) is 17.3. The van der Waals surface area contributed by atoms with Crippen LogP contribution >= 0.6 is 0 Å². The largest absolute Gasteiger partial charge is 0.512 e. The Labute approximate surface area is 148 Å². The number of amides is 1. The summed E-state index contributed by atoms with van der Waals surface area (Å²) in [5.74, 6) is -0.267. The quantitative estimate of drug-likeness (QED) is 0.861. The third-order valence-electron chi connectivity index (χ3n) is 5.18. The minimum absolute atomic E-state index is 0.0326. The monoisotopic (exact) mass is 334 g/mol. The van der Waals surface area contributed by atoms with Crippen molar-refractivity contribution >= 4 is 5.91 Å². The second-order valence-corrected chi connectivity index (χ2v) is 6.82. The van der Waals surface area contributed by atoms with Crippen LogP contribution < -0.4 is 0 Å². The number of nitrogens with zero attached hydrogens (tertiary/aromatic N) is 2. The van der Waals surface area contributed by atoms with E-state index in [1.54, 1.807) is 0 Å². The van der Waals surface area contributed by atoms with E-state index in [0.717, 1.165) is 30.8 Å². The average molecular weight is 334 g/mol. The number of carbonyl (C=O) groups is 1. The van der Waals surface area contributed by atoms with E-state index in [1.807, 2.05) is 29.2 Å². The number of hydrogen-bond acceptors (Lipinski definition) is 3. The second-order valence-electron chi connectivity index (χ2n) is 6.82. The van der Waals surface area contributed by atoms with Crippen LogP contribution in [-0.2, 0) is 11.3 Å². The summed E-state index contributed by atoms with van der Waals surface area (Å²) in [6, 6.07) is 10.4. The first-order chi connectivity index (χ1) is 12.1. The molecule has 1 amide bonds. The van der Waals surface area contributed by atoms with Gasteiger partial charge in [-0.3, -0.25) is 9.69 Å². The van der Waals surface area contributed by atoms with Crippen LogP contribution in [0, 0.1) is 5.92 Å². The van der Waals surface area contributed by atoms with Crippen LogP contribution in [0.4, 0.5) is 0 Å². The molecule has 1 aliphatic heterocycles. The first kappa shape index (κ1) is 15.9. The van der Waals surface area contributed by atoms with E-state index in [1.165, 1.54) is 5.56 Å². The highest BCUT2D eigenvalue weighted by atomic mass is 16.3. The van der Waals surface area contributed by atoms with Crippen LogP contribution in [0.5, 0.6) is 0 Å². The number of aliphatic hydroxyl groups is 1. The zero-order valence-corrected chi connectivity index (χ0v) is 14.2. The lowest BCUT2D eigenvalue weighted by molar-refractivity contribution is -0.129. The molecule has 1 aromatic rings. The van der Waals surface area contributed by atoms with E-state index in [4.69, 9.17) is 0 Å². The van der Waals surface area contributed by atoms with E-state index in [2.05, 4.69) is 35.7 Å². The van der Waals surface area contributed by atoms with Gasteiger partial charge in [-0.2, -0.15) is 0 Å². The van der Waals surface area contributed by atoms with Crippen LogP contribution in [-0.4, -0.2) is 47.0 Å². The number of carbonyl (C=O) groups excluding carboxylic acids is 1. The van der Waals surface area contributed by atoms with Crippen LogP contribution in [0.1, 0.15) is 5.56 Å². The van der Waals surface area contributed by atoms with Crippen LogP contribution in [0.25, 0.3) is 0 Å². The van der Waals surface area contributed by atoms with Gasteiger partial charge < -0.3 is 10.0 Å². The Morgan fingerprint density at radius 2 is 1.84 bits per heavy atom. The molecule has 1 atom stereocenters. The number of allylic oxidation sites excluding steroid dienone is 5. The molecule has 1 fully saturated rings. The summed E-state index contributed by atoms with van der Waals surface area (Å²) in [6.45, 7) is 7.74. The molecule has 0 saturated carbocycles. The molecule has 0 spiro atoms. The topological polar surface area (TPSA) is 43.8 Å². The molecule has 1 N–H and O–H groups in total. The lowest BCUT2D eigenvalue weighted by Crippen LogP contribution is -2.49. The zero-order chi connectivity index (χ0) is 17.4. The Hall–Kier alpha value is -2.59. The maximum absolute atomic E-state index is 13.0. The van der Waals surface area contributed by atoms with Crippen molar-refractivity contribution in [1.29, 1.82) is 0 Å². The van der Waals surface area contributed by atoms with Gasteiger partial charge in [-0.1, -0.05) is 55.1 Å². The van der Waals surface area contributed by atoms with E-state index in [-0.39, 0.29) is 17.6 Å². The Balaban J connectivity index is 1.40. The molecule has 0 radical (unpaired) electrons. The van der Waals surface area contributed by atoms with Gasteiger partial charge in [0, 0.05) is 38.3 Å². The summed E-state index contributed by atoms with van der Waals surface area (Å²) in [6.07, 6.45) is 5.88. The van der Waals surface area contributed by atoms with E-state index >= 15 is 0 Å². The third kappa shape index (κ3) is 2.94. The Bertz CT molecular complexity index is 796. The second kappa shape index (κ2) is 6.37. The number of hydrogen-bond donors (Lipinski definition) is 1. The molecule has 128 valence electrons. The smallest absolute Gasteiger partial charge is 0.251 e. The lowest BCUT2D eigenvalue weighted by Gasteiger charge is -2.36. The molecule has 4 rings (SSSR count). The molecule has 1 heterocycles. The SMILES string of the molecule is C=C(O)C1C2=CC(=C1C(=O)N1CCN(Cc3ccccc3)CC1)C=C2. The van der Waals surface area contributed by atoms with Crippen LogP contribution in [0.3, 0.4) is 0 Å². The standard InChI is InChI=1S/C21H22N2O2/c1-15(24)19-17-7-8-18(13-17)20(19)21(25)23-11-9-22(10-12-23)14-16-5-3-2-4-6-16/h2-8,13,19,24H,1,9-12,14H2. The molecule has 2 aliphatic carbocycles. The van der Waals surface area contributed by atoms with E-state index in [0.29, 0.717) is 18.7 Å². The Morgan fingerprint density at radius 1 is 1.12 bits per heavy atom. The van der Waals surface area contributed by atoms with Crippen molar-refractivity contribution in [1.82, 2.24) is 9.80 Å². The number of rotatable bonds is 4. The molecule has 3 aliphatic rings. The van der Waals surface area contributed by atoms with Gasteiger partial charge in [-0.05, 0) is 16.7 Å². The predicted molar refractivity (Wildman–Crippen MR) is 97.8 cm³/mol. The van der Waals surface area contributed by atoms with Crippen molar-refractivity contribution in [2.75, 3.05) is 26.2 Å². The first-order valence-electron chi connectivity index (χ1n) is 8.70. The Kier molecular flexibility index (Phi) is 4.06. The summed E-state index contributed by atoms with van der Waals surface area (Å²) in [5.41, 5.74) is 3.87. The number of benzene rings is 1. The molecular formula is C21H22N2O2. The first-order valence-corrected chi connectivity index (χ1v) is 8.70. The summed E-state index contributed by atoms with van der Waals surface area (Å²) in [5, 5.41) is 9.92. The van der Waals surface area contributed by atoms with Crippen molar-refractivity contribution in [3.63, 3.8) is 0 Å². The minimum Gasteiger partial charge on any atom is -0.512 e. The van der Waals surface area contributed by atoms with Gasteiger partial charge in [0.1, 0.15) is 0 Å². The van der Waals surface area contributed by atoms with Crippen molar-refractivity contribution in [2.45, 2.75) is 6.54 Å². The van der Waals surface area contributed by atoms with Crippen LogP contribution in [0.15, 0.2) is 77.6 Å². The summed E-state index contributed by atoms with van der Waals surface area (Å²) in [7, 11) is 0. The lowest BCUT2D eigenvalue weighted by atomic mass is 9.89. The van der Waals surface area contributed by atoms with Crippen molar-refractivity contribution in [2.24, 2.45) is 5.92 Å². The average Bonchev–Trinajstić information content (AvgIpc) is 3.24. The third-order valence-corrected chi connectivity index (χ3v) is 5.18. The molecule has 25 heavy (non-hydrogen) atoms. The van der Waals surface area contributed by atoms with Gasteiger partial charge in [0.05, 0.1) is 11.7 Å². The molecule has 1 unspecified atom stereocenters. The maximum atomic E-state index is 13.0. The van der Waals surface area contributed by atoms with Crippen molar-refractivity contribution < 1.29 is 9.90 Å². The molecule has 4 heteroatoms. The summed E-state index contributed by atoms with van der Waals surface area (Å²) < 4.78 is 0. The fraction of sp³-hybridized carbons (Fsp3) is 0.286. The van der Waals surface area contributed by atoms with Gasteiger partial charge in [0.15, 0.2) is 0 Å². The highest BCUT2D eigenvalue weighted by molar-refractivity contribution is 5.99. The minimum atomic E-state index is -0.352. The zero-order valence-electron chi connectivity index (χ0n) is 14.2. The molecular weight excluding hydrogens is 312 g/mol. The number of aliphatic hydroxyl groups excluding tert-OH is 1. The Morgan fingerprint density at radius 3 is 2.52 bits per heavy atom. The van der Waals surface area contributed by atoms with Gasteiger partial charge in [0.25, 0.3) is 5.91 Å². The molecule has 2 bridgehead atoms. The van der Waals surface area contributed by atoms with Gasteiger partial charge in [0.2, 0.25) is 0 Å². The maximum Gasteiger partial charge on any atom is 0.251 e. The number of fused-ring (bicyclic) bond motifs is 1. The molecule has 1 saturated heterocycles. The molecule has 4 nitrogen and oxygen atoms in total. The van der Waals surface area contributed by atoms with Crippen molar-refractivity contribution in [3.05, 3.63) is 83.2 Å². The van der Waals surface area contributed by atoms with Crippen molar-refractivity contribution in [3.8, 4) is 0 Å². The van der Waals surface area contributed by atoms with E-state index in [9.17, 15) is 9.90 Å². The fourth-order valence-electron chi connectivity index (χ4n) is 3.87. The highest BCUT2D eigenvalue weighted by Gasteiger charge is 2.37. The van der Waals surface area contributed by atoms with Gasteiger partial charge >= 0.3 is 0 Å². The van der Waals surface area contributed by atoms with E-state index < -0.39 is 0 Å². The summed E-state index contributed by atoms with van der Waals surface area (Å²) >= 11 is 0. The van der Waals surface area contributed by atoms with Crippen LogP contribution in [0.2, 0.25) is 0 Å². The van der Waals surface area contributed by atoms with Gasteiger partial charge in [-0.25, -0.2) is 0 Å². The predicted octanol–water partition coefficient (Wildman–Crippen LogP) is 2.83. The van der Waals surface area contributed by atoms with Gasteiger partial charge in [-0.15, -0.1) is 0 Å². The molecule has 1 aromatic carbocycles. The normalized spacial score (nSPS) is 22.5. The highest BCUT2D eigenvalue weighted by Crippen LogP contribution is 2.42. The molecule has 0 aromatic heterocycles. The fourth-order valence-corrected chi connectivity index (χ4v) is 3.87. The number of piperazine rings is 1.